The second-order valence-corrected chi connectivity index (χ2v) is 11.5. The van der Waals surface area contributed by atoms with E-state index in [4.69, 9.17) is 24.1 Å². The van der Waals surface area contributed by atoms with Crippen LogP contribution in [-0.2, 0) is 9.47 Å². The van der Waals surface area contributed by atoms with Crippen molar-refractivity contribution in [1.82, 2.24) is 30.4 Å². The highest BCUT2D eigenvalue weighted by molar-refractivity contribution is 14.1. The number of hydrogen-bond donors (Lipinski definition) is 3. The number of hydrazine groups is 1. The van der Waals surface area contributed by atoms with E-state index in [1.807, 2.05) is 11.5 Å². The van der Waals surface area contributed by atoms with Crippen molar-refractivity contribution in [2.24, 2.45) is 0 Å². The van der Waals surface area contributed by atoms with Crippen LogP contribution in [-0.4, -0.2) is 75.3 Å². The highest BCUT2D eigenvalue weighted by Gasteiger charge is 2.20. The summed E-state index contributed by atoms with van der Waals surface area (Å²) >= 11 is 2.08. The molecular formula is C30H31F2IN6O7. The van der Waals surface area contributed by atoms with Crippen molar-refractivity contribution < 1.29 is 42.4 Å². The third kappa shape index (κ3) is 9.13. The lowest BCUT2D eigenvalue weighted by atomic mass is 10.1. The highest BCUT2D eigenvalue weighted by Crippen LogP contribution is 2.24. The first-order valence-electron chi connectivity index (χ1n) is 14.4. The van der Waals surface area contributed by atoms with Crippen molar-refractivity contribution in [2.45, 2.75) is 37.9 Å². The van der Waals surface area contributed by atoms with Gasteiger partial charge in [0.05, 0.1) is 50.2 Å². The van der Waals surface area contributed by atoms with E-state index in [0.29, 0.717) is 30.7 Å². The number of rotatable bonds is 7. The highest BCUT2D eigenvalue weighted by atomic mass is 127. The summed E-state index contributed by atoms with van der Waals surface area (Å²) in [5.41, 5.74) is 4.54. The standard InChI is InChI=1S/C16H17FN4O5.C14H14FIN2O2/c17-11-7-10(15(22)19-20-16(23)24)8-12(9-11)21-14(1-4-18-21)26-13-2-5-25-6-3-13;15-10-7-11(16)9-12(8-10)18-14(1-4-17-18)20-13-2-5-19-6-3-13/h1,4,7-9,13,20H,2-3,5-6H2,(H,19,22)(H,23,24);1,4,7-9,13H,2-3,5-6H2. The van der Waals surface area contributed by atoms with Crippen LogP contribution in [0.15, 0.2) is 60.9 Å². The minimum Gasteiger partial charge on any atom is -0.474 e. The number of halogens is 3. The molecule has 6 rings (SSSR count). The van der Waals surface area contributed by atoms with E-state index in [0.717, 1.165) is 48.5 Å². The van der Waals surface area contributed by atoms with Crippen LogP contribution in [0.1, 0.15) is 36.0 Å². The number of benzene rings is 2. The third-order valence-corrected chi connectivity index (χ3v) is 7.51. The van der Waals surface area contributed by atoms with Gasteiger partial charge in [0.1, 0.15) is 23.8 Å². The second kappa shape index (κ2) is 15.8. The largest absolute Gasteiger partial charge is 0.474 e. The first-order chi connectivity index (χ1) is 22.2. The fourth-order valence-corrected chi connectivity index (χ4v) is 5.37. The Morgan fingerprint density at radius 1 is 0.783 bits per heavy atom. The fourth-order valence-electron chi connectivity index (χ4n) is 4.75. The lowest BCUT2D eigenvalue weighted by Crippen LogP contribution is -2.40. The Labute approximate surface area is 275 Å². The van der Waals surface area contributed by atoms with Gasteiger partial charge in [-0.05, 0) is 59.0 Å². The topological polar surface area (TPSA) is 151 Å². The molecule has 0 radical (unpaired) electrons. The molecule has 0 aliphatic carbocycles. The minimum atomic E-state index is -1.44. The SMILES string of the molecule is Fc1cc(I)cc(-n2nccc2OC2CCOCC2)c1.O=C(O)NNC(=O)c1cc(F)cc(-n2nccc2OC2CCOCC2)c1. The van der Waals surface area contributed by atoms with Crippen molar-refractivity contribution >= 4 is 34.6 Å². The molecule has 2 aromatic heterocycles. The molecule has 46 heavy (non-hydrogen) atoms. The number of hydrogen-bond acceptors (Lipinski definition) is 8. The molecule has 0 spiro atoms. The molecule has 0 atom stereocenters. The maximum Gasteiger partial charge on any atom is 0.423 e. The number of aromatic nitrogens is 4. The number of carbonyl (C=O) groups excluding carboxylic acids is 1. The summed E-state index contributed by atoms with van der Waals surface area (Å²) in [5, 5.41) is 16.9. The zero-order valence-corrected chi connectivity index (χ0v) is 26.6. The first-order valence-corrected chi connectivity index (χ1v) is 15.5. The molecule has 2 aliphatic rings. The predicted molar refractivity (Wildman–Crippen MR) is 167 cm³/mol. The molecule has 3 N–H and O–H groups in total. The summed E-state index contributed by atoms with van der Waals surface area (Å²) < 4.78 is 53.7. The molecule has 2 aromatic carbocycles. The van der Waals surface area contributed by atoms with E-state index in [9.17, 15) is 18.4 Å². The molecule has 4 aromatic rings. The summed E-state index contributed by atoms with van der Waals surface area (Å²) in [4.78, 5) is 22.4. The Bertz CT molecular complexity index is 1620. The molecule has 0 saturated carbocycles. The predicted octanol–water partition coefficient (Wildman–Crippen LogP) is 4.66. The van der Waals surface area contributed by atoms with Crippen molar-refractivity contribution in [1.29, 1.82) is 0 Å². The quantitative estimate of drug-likeness (QED) is 0.181. The Kier molecular flexibility index (Phi) is 11.4. The van der Waals surface area contributed by atoms with Gasteiger partial charge < -0.3 is 24.1 Å². The van der Waals surface area contributed by atoms with Gasteiger partial charge in [-0.15, -0.1) is 0 Å². The first kappa shape index (κ1) is 33.1. The Morgan fingerprint density at radius 3 is 1.78 bits per heavy atom. The van der Waals surface area contributed by atoms with Crippen molar-refractivity contribution in [3.63, 3.8) is 0 Å². The average molecular weight is 753 g/mol. The molecule has 13 nitrogen and oxygen atoms in total. The van der Waals surface area contributed by atoms with Crippen molar-refractivity contribution in [3.8, 4) is 23.1 Å². The summed E-state index contributed by atoms with van der Waals surface area (Å²) in [6.45, 7) is 2.66. The molecule has 16 heteroatoms. The molecule has 4 heterocycles. The van der Waals surface area contributed by atoms with Gasteiger partial charge >= 0.3 is 6.09 Å². The van der Waals surface area contributed by atoms with Crippen molar-refractivity contribution in [2.75, 3.05) is 26.4 Å². The molecule has 2 saturated heterocycles. The maximum atomic E-state index is 14.0. The minimum absolute atomic E-state index is 0.0321. The summed E-state index contributed by atoms with van der Waals surface area (Å²) in [6, 6.07) is 11.8. The van der Waals surface area contributed by atoms with Gasteiger partial charge in [0.15, 0.2) is 0 Å². The van der Waals surface area contributed by atoms with Crippen LogP contribution in [0.2, 0.25) is 0 Å². The summed E-state index contributed by atoms with van der Waals surface area (Å²) in [6.07, 6.45) is 5.04. The normalized spacial score (nSPS) is 15.4. The van der Waals surface area contributed by atoms with Crippen molar-refractivity contribution in [3.05, 3.63) is 81.7 Å². The Balaban J connectivity index is 0.000000187. The Hall–Kier alpha value is -4.29. The number of nitrogens with one attached hydrogen (secondary N) is 2. The third-order valence-electron chi connectivity index (χ3n) is 6.89. The van der Waals surface area contributed by atoms with E-state index in [1.165, 1.54) is 35.1 Å². The maximum absolute atomic E-state index is 14.0. The van der Waals surface area contributed by atoms with Gasteiger partial charge in [-0.3, -0.25) is 10.2 Å². The fraction of sp³-hybridized carbons (Fsp3) is 0.333. The van der Waals surface area contributed by atoms with E-state index in [2.05, 4.69) is 32.8 Å². The molecule has 2 aliphatic heterocycles. The molecule has 0 bridgehead atoms. The summed E-state index contributed by atoms with van der Waals surface area (Å²) in [5.74, 6) is -0.696. The smallest absolute Gasteiger partial charge is 0.423 e. The number of ether oxygens (including phenoxy) is 4. The van der Waals surface area contributed by atoms with Crippen LogP contribution < -0.4 is 20.3 Å². The van der Waals surface area contributed by atoms with Crippen LogP contribution in [0.25, 0.3) is 11.4 Å². The van der Waals surface area contributed by atoms with E-state index in [1.54, 1.807) is 28.4 Å². The second-order valence-electron chi connectivity index (χ2n) is 10.2. The van der Waals surface area contributed by atoms with E-state index >= 15 is 0 Å². The van der Waals surface area contributed by atoms with Crippen LogP contribution in [0.3, 0.4) is 0 Å². The lowest BCUT2D eigenvalue weighted by molar-refractivity contribution is 0.0224. The Morgan fingerprint density at radius 2 is 1.28 bits per heavy atom. The van der Waals surface area contributed by atoms with Gasteiger partial charge in [0, 0.05) is 46.9 Å². The molecular weight excluding hydrogens is 721 g/mol. The molecule has 244 valence electrons. The van der Waals surface area contributed by atoms with Gasteiger partial charge in [-0.2, -0.15) is 10.2 Å². The van der Waals surface area contributed by atoms with E-state index < -0.39 is 17.8 Å². The zero-order valence-electron chi connectivity index (χ0n) is 24.4. The van der Waals surface area contributed by atoms with Crippen LogP contribution >= 0.6 is 22.6 Å². The number of carboxylic acid groups (broad SMARTS) is 1. The lowest BCUT2D eigenvalue weighted by Gasteiger charge is -2.23. The number of nitrogens with zero attached hydrogens (tertiary/aromatic N) is 4. The van der Waals surface area contributed by atoms with Gasteiger partial charge in [-0.1, -0.05) is 0 Å². The van der Waals surface area contributed by atoms with E-state index in [-0.39, 0.29) is 29.3 Å². The van der Waals surface area contributed by atoms with Crippen LogP contribution in [0, 0.1) is 15.2 Å². The average Bonchev–Trinajstić information content (AvgIpc) is 3.70. The van der Waals surface area contributed by atoms with Gasteiger partial charge in [0.25, 0.3) is 5.91 Å². The monoisotopic (exact) mass is 752 g/mol. The zero-order chi connectivity index (χ0) is 32.5. The number of amides is 2. The van der Waals surface area contributed by atoms with Gasteiger partial charge in [0.2, 0.25) is 11.8 Å². The number of carbonyl (C=O) groups is 2. The summed E-state index contributed by atoms with van der Waals surface area (Å²) in [7, 11) is 0. The van der Waals surface area contributed by atoms with Gasteiger partial charge in [-0.25, -0.2) is 28.4 Å². The molecule has 2 amide bonds. The van der Waals surface area contributed by atoms with Crippen LogP contribution in [0.4, 0.5) is 13.6 Å². The molecule has 2 fully saturated rings. The molecule has 0 unspecified atom stereocenters. The van der Waals surface area contributed by atoms with Crippen LogP contribution in [0.5, 0.6) is 11.8 Å².